The van der Waals surface area contributed by atoms with E-state index in [4.69, 9.17) is 23.7 Å². The smallest absolute Gasteiger partial charge is 0.335 e. The monoisotopic (exact) mass is 1130 g/mol. The van der Waals surface area contributed by atoms with Gasteiger partial charge in [-0.25, -0.2) is 4.79 Å². The molecule has 1 fully saturated rings. The summed E-state index contributed by atoms with van der Waals surface area (Å²) in [6, 6.07) is 0. The van der Waals surface area contributed by atoms with Gasteiger partial charge in [-0.15, -0.1) is 0 Å². The van der Waals surface area contributed by atoms with Crippen LogP contribution in [0.4, 0.5) is 0 Å². The number of allylic oxidation sites excluding steroid dienone is 17. The first-order chi connectivity index (χ1) is 39.6. The minimum atomic E-state index is -1.94. The van der Waals surface area contributed by atoms with Crippen LogP contribution in [0.5, 0.6) is 0 Å². The summed E-state index contributed by atoms with van der Waals surface area (Å²) in [6.45, 7) is 5.72. The third-order valence-electron chi connectivity index (χ3n) is 13.9. The molecule has 0 amide bonds. The molecule has 6 atom stereocenters. The fraction of sp³-hybridized carbons (Fsp3) is 0.681. The molecular weight excluding hydrogens is 1020 g/mol. The molecule has 12 nitrogen and oxygen atoms in total. The van der Waals surface area contributed by atoms with Gasteiger partial charge in [-0.2, -0.15) is 0 Å². The first-order valence-electron chi connectivity index (χ1n) is 31.9. The van der Waals surface area contributed by atoms with Gasteiger partial charge in [0.15, 0.2) is 24.6 Å². The molecule has 3 N–H and O–H groups in total. The van der Waals surface area contributed by atoms with Crippen molar-refractivity contribution in [3.63, 3.8) is 0 Å². The second kappa shape index (κ2) is 55.9. The Morgan fingerprint density at radius 3 is 1.25 bits per heavy atom. The van der Waals surface area contributed by atoms with E-state index in [1.165, 1.54) is 96.3 Å². The normalized spacial score (nSPS) is 18.5. The van der Waals surface area contributed by atoms with E-state index in [9.17, 15) is 34.5 Å². The molecule has 0 radical (unpaired) electrons. The summed E-state index contributed by atoms with van der Waals surface area (Å²) in [5.41, 5.74) is 0. The number of aliphatic hydroxyl groups excluding tert-OH is 2. The summed E-state index contributed by atoms with van der Waals surface area (Å²) in [5.74, 6) is -3.31. The van der Waals surface area contributed by atoms with E-state index < -0.39 is 67.3 Å². The first-order valence-corrected chi connectivity index (χ1v) is 31.9. The van der Waals surface area contributed by atoms with Crippen LogP contribution in [0.2, 0.25) is 0 Å². The summed E-state index contributed by atoms with van der Waals surface area (Å²) in [7, 11) is 0. The fourth-order valence-electron chi connectivity index (χ4n) is 9.08. The lowest BCUT2D eigenvalue weighted by Crippen LogP contribution is -2.61. The number of aliphatic carboxylic acids is 1. The minimum Gasteiger partial charge on any atom is -0.479 e. The van der Waals surface area contributed by atoms with Crippen molar-refractivity contribution in [2.24, 2.45) is 0 Å². The van der Waals surface area contributed by atoms with Gasteiger partial charge in [0, 0.05) is 12.8 Å². The molecule has 1 saturated heterocycles. The van der Waals surface area contributed by atoms with Crippen molar-refractivity contribution in [1.82, 2.24) is 0 Å². The van der Waals surface area contributed by atoms with Crippen molar-refractivity contribution >= 4 is 23.9 Å². The van der Waals surface area contributed by atoms with Crippen LogP contribution in [0, 0.1) is 0 Å². The number of rotatable bonds is 53. The van der Waals surface area contributed by atoms with Crippen molar-refractivity contribution in [3.8, 4) is 0 Å². The van der Waals surface area contributed by atoms with E-state index in [0.717, 1.165) is 96.3 Å². The van der Waals surface area contributed by atoms with Gasteiger partial charge in [0.05, 0.1) is 13.0 Å². The molecule has 0 aromatic rings. The average Bonchev–Trinajstić information content (AvgIpc) is 3.53. The lowest BCUT2D eigenvalue weighted by Gasteiger charge is -2.40. The van der Waals surface area contributed by atoms with Crippen LogP contribution in [0.3, 0.4) is 0 Å². The van der Waals surface area contributed by atoms with E-state index in [1.807, 2.05) is 12.2 Å². The molecule has 0 aromatic carbocycles. The fourth-order valence-corrected chi connectivity index (χ4v) is 9.08. The molecule has 460 valence electrons. The molecule has 12 heteroatoms. The van der Waals surface area contributed by atoms with Gasteiger partial charge >= 0.3 is 23.9 Å². The van der Waals surface area contributed by atoms with Crippen LogP contribution in [-0.2, 0) is 42.9 Å². The molecule has 0 aromatic heterocycles. The Labute approximate surface area is 491 Å². The maximum Gasteiger partial charge on any atom is 0.335 e. The van der Waals surface area contributed by atoms with E-state index in [-0.39, 0.29) is 25.9 Å². The Bertz CT molecular complexity index is 1820. The lowest BCUT2D eigenvalue weighted by atomic mass is 9.98. The van der Waals surface area contributed by atoms with Crippen LogP contribution < -0.4 is 0 Å². The van der Waals surface area contributed by atoms with Crippen molar-refractivity contribution in [2.45, 2.75) is 289 Å². The second-order valence-electron chi connectivity index (χ2n) is 21.3. The Hall–Kier alpha value is -4.62. The molecule has 6 unspecified atom stereocenters. The number of carbonyl (C=O) groups is 4. The van der Waals surface area contributed by atoms with Gasteiger partial charge in [0.25, 0.3) is 0 Å². The highest BCUT2D eigenvalue weighted by molar-refractivity contribution is 5.74. The number of hydrogen-bond donors (Lipinski definition) is 3. The summed E-state index contributed by atoms with van der Waals surface area (Å²) in [6.07, 6.45) is 63.7. The van der Waals surface area contributed by atoms with E-state index >= 15 is 0 Å². The number of ether oxygens (including phenoxy) is 5. The van der Waals surface area contributed by atoms with Gasteiger partial charge < -0.3 is 39.0 Å². The zero-order valence-electron chi connectivity index (χ0n) is 50.7. The Morgan fingerprint density at radius 2 is 0.815 bits per heavy atom. The van der Waals surface area contributed by atoms with Crippen LogP contribution in [0.1, 0.15) is 252 Å². The van der Waals surface area contributed by atoms with Crippen LogP contribution in [-0.4, -0.2) is 89.2 Å². The second-order valence-corrected chi connectivity index (χ2v) is 21.3. The van der Waals surface area contributed by atoms with Crippen molar-refractivity contribution < 1.29 is 58.2 Å². The number of aliphatic hydroxyl groups is 2. The Kier molecular flexibility index (Phi) is 51.3. The highest BCUT2D eigenvalue weighted by Gasteiger charge is 2.50. The number of carboxylic acids is 1. The quantitative estimate of drug-likeness (QED) is 0.0228. The summed E-state index contributed by atoms with van der Waals surface area (Å²) < 4.78 is 28.4. The maximum absolute atomic E-state index is 13.2. The molecule has 0 aliphatic carbocycles. The molecule has 1 aliphatic heterocycles. The number of hydrogen-bond acceptors (Lipinski definition) is 11. The number of esters is 3. The molecule has 81 heavy (non-hydrogen) atoms. The zero-order valence-corrected chi connectivity index (χ0v) is 50.7. The van der Waals surface area contributed by atoms with Crippen molar-refractivity contribution in [3.05, 3.63) is 109 Å². The number of unbranched alkanes of at least 4 members (excludes halogenated alkanes) is 22. The van der Waals surface area contributed by atoms with Crippen LogP contribution in [0.15, 0.2) is 109 Å². The SMILES string of the molecule is CC/C=C\C/C=C\C/C=C\C/C=C\C/C=C\CC(=O)OC1C(OCC(COC(=O)CCCCCCCCCCCCCCCCCCCCC)OC(=O)CCCCCC/C=C\C/C=C\C/C=C\C/C=C\CC)OC(C(=O)O)C(O)C1O. The predicted octanol–water partition coefficient (Wildman–Crippen LogP) is 17.0. The third-order valence-corrected chi connectivity index (χ3v) is 13.9. The molecule has 1 aliphatic rings. The van der Waals surface area contributed by atoms with E-state index in [0.29, 0.717) is 19.3 Å². The largest absolute Gasteiger partial charge is 0.479 e. The number of carbonyl (C=O) groups excluding carboxylic acids is 3. The molecule has 0 bridgehead atoms. The Balaban J connectivity index is 2.72. The molecule has 1 heterocycles. The molecule has 0 spiro atoms. The first kappa shape index (κ1) is 74.4. The van der Waals surface area contributed by atoms with Gasteiger partial charge in [-0.05, 0) is 83.5 Å². The van der Waals surface area contributed by atoms with Gasteiger partial charge in [-0.3, -0.25) is 14.4 Å². The molecule has 1 rings (SSSR count). The predicted molar refractivity (Wildman–Crippen MR) is 330 cm³/mol. The molecule has 0 saturated carbocycles. The van der Waals surface area contributed by atoms with Crippen molar-refractivity contribution in [2.75, 3.05) is 13.2 Å². The highest BCUT2D eigenvalue weighted by atomic mass is 16.7. The zero-order chi connectivity index (χ0) is 58.9. The average molecular weight is 1130 g/mol. The lowest BCUT2D eigenvalue weighted by molar-refractivity contribution is -0.301. The standard InChI is InChI=1S/C69H112O12/c1-4-7-10-13-16-19-22-25-28-30-31-33-35-37-40-43-46-49-52-55-61(70)77-58-60(79-62(71)56-53-50-47-44-41-39-36-32-29-26-23-20-17-14-11-8-5-2)59-78-69-67(65(74)64(73)66(81-69)68(75)76)80-63(72)57-54-51-48-45-42-38-34-27-24-21-18-15-12-9-6-3/h8-9,11-12,17-18,20-21,26-27,29,34,36,39,42,45,51,54,60,64-67,69,73-74H,4-7,10,13-16,19,22-25,28,30-33,35,37-38,40-41,43-44,46-50,52-53,55-59H2,1-3H3,(H,75,76)/b11-8-,12-9-,20-17-,21-18-,29-26-,34-27-,39-36-,45-42-,54-51-. The third kappa shape index (κ3) is 45.6. The summed E-state index contributed by atoms with van der Waals surface area (Å²) in [4.78, 5) is 51.2. The Morgan fingerprint density at radius 1 is 0.432 bits per heavy atom. The van der Waals surface area contributed by atoms with Gasteiger partial charge in [0.2, 0.25) is 0 Å². The highest BCUT2D eigenvalue weighted by Crippen LogP contribution is 2.26. The summed E-state index contributed by atoms with van der Waals surface area (Å²) in [5, 5.41) is 31.5. The number of carboxylic acid groups (broad SMARTS) is 1. The van der Waals surface area contributed by atoms with E-state index in [1.54, 1.807) is 12.2 Å². The van der Waals surface area contributed by atoms with Gasteiger partial charge in [0.1, 0.15) is 18.8 Å². The van der Waals surface area contributed by atoms with Gasteiger partial charge in [-0.1, -0.05) is 259 Å². The van der Waals surface area contributed by atoms with Crippen molar-refractivity contribution in [1.29, 1.82) is 0 Å². The minimum absolute atomic E-state index is 0.121. The van der Waals surface area contributed by atoms with Crippen LogP contribution >= 0.6 is 0 Å². The molecular formula is C69H112O12. The summed E-state index contributed by atoms with van der Waals surface area (Å²) >= 11 is 0. The van der Waals surface area contributed by atoms with E-state index in [2.05, 4.69) is 106 Å². The maximum atomic E-state index is 13.2. The topological polar surface area (TPSA) is 175 Å². The van der Waals surface area contributed by atoms with Crippen LogP contribution in [0.25, 0.3) is 0 Å².